The average molecular weight is 311 g/mol. The zero-order chi connectivity index (χ0) is 12.5. The van der Waals surface area contributed by atoms with Crippen LogP contribution >= 0.6 is 15.9 Å². The number of nitrogens with zero attached hydrogens (tertiary/aromatic N) is 4. The van der Waals surface area contributed by atoms with Crippen molar-refractivity contribution in [2.24, 2.45) is 0 Å². The molecule has 1 aromatic carbocycles. The van der Waals surface area contributed by atoms with Crippen molar-refractivity contribution in [3.8, 4) is 5.69 Å². The highest BCUT2D eigenvalue weighted by Crippen LogP contribution is 2.33. The summed E-state index contributed by atoms with van der Waals surface area (Å²) in [4.78, 5) is 0. The van der Waals surface area contributed by atoms with Crippen molar-refractivity contribution < 1.29 is 4.39 Å². The Morgan fingerprint density at radius 3 is 2.78 bits per heavy atom. The summed E-state index contributed by atoms with van der Waals surface area (Å²) in [6.07, 6.45) is 4.65. The lowest BCUT2D eigenvalue weighted by Gasteiger charge is -2.09. The Labute approximate surface area is 112 Å². The Bertz CT molecular complexity index is 563. The third-order valence-corrected chi connectivity index (χ3v) is 4.00. The van der Waals surface area contributed by atoms with E-state index in [1.54, 1.807) is 10.7 Å². The number of halogens is 2. The molecule has 1 heterocycles. The first kappa shape index (κ1) is 11.8. The topological polar surface area (TPSA) is 43.6 Å². The molecule has 0 N–H and O–H groups in total. The largest absolute Gasteiger partial charge is 0.206 e. The van der Waals surface area contributed by atoms with Crippen molar-refractivity contribution in [3.63, 3.8) is 0 Å². The number of hydrogen-bond acceptors (Lipinski definition) is 3. The number of rotatable bonds is 2. The van der Waals surface area contributed by atoms with E-state index in [0.717, 1.165) is 18.7 Å². The van der Waals surface area contributed by atoms with Crippen LogP contribution in [-0.4, -0.2) is 20.2 Å². The predicted molar refractivity (Wildman–Crippen MR) is 68.0 cm³/mol. The van der Waals surface area contributed by atoms with Crippen LogP contribution < -0.4 is 0 Å². The lowest BCUT2D eigenvalue weighted by atomic mass is 10.1. The average Bonchev–Trinajstić information content (AvgIpc) is 3.00. The van der Waals surface area contributed by atoms with E-state index in [1.807, 2.05) is 6.07 Å². The van der Waals surface area contributed by atoms with E-state index in [4.69, 9.17) is 0 Å². The van der Waals surface area contributed by atoms with Crippen LogP contribution in [0.3, 0.4) is 0 Å². The van der Waals surface area contributed by atoms with Crippen LogP contribution in [0.4, 0.5) is 4.39 Å². The first-order valence-electron chi connectivity index (χ1n) is 5.99. The van der Waals surface area contributed by atoms with Gasteiger partial charge in [-0.2, -0.15) is 4.68 Å². The summed E-state index contributed by atoms with van der Waals surface area (Å²) in [6.45, 7) is 0. The van der Waals surface area contributed by atoms with Gasteiger partial charge in [0.25, 0.3) is 0 Å². The van der Waals surface area contributed by atoms with Gasteiger partial charge in [-0.1, -0.05) is 12.8 Å². The highest BCUT2D eigenvalue weighted by atomic mass is 79.9. The standard InChI is InChI=1S/C12H12BrFN4/c13-10-6-5-9(7-11(10)14)18-12(15-16-17-18)8-3-1-2-4-8/h5-8H,1-4H2. The van der Waals surface area contributed by atoms with Gasteiger partial charge in [0.1, 0.15) is 5.82 Å². The maximum atomic E-state index is 13.6. The zero-order valence-electron chi connectivity index (χ0n) is 9.68. The van der Waals surface area contributed by atoms with Gasteiger partial charge in [-0.15, -0.1) is 5.10 Å². The molecule has 0 spiro atoms. The summed E-state index contributed by atoms with van der Waals surface area (Å²) in [5, 5.41) is 11.8. The number of hydrogen-bond donors (Lipinski definition) is 0. The summed E-state index contributed by atoms with van der Waals surface area (Å²) in [5.74, 6) is 0.932. The molecule has 94 valence electrons. The van der Waals surface area contributed by atoms with Crippen LogP contribution in [-0.2, 0) is 0 Å². The Balaban J connectivity index is 2.00. The van der Waals surface area contributed by atoms with Crippen molar-refractivity contribution in [1.29, 1.82) is 0 Å². The van der Waals surface area contributed by atoms with Crippen molar-refractivity contribution in [3.05, 3.63) is 34.3 Å². The second-order valence-electron chi connectivity index (χ2n) is 4.53. The number of benzene rings is 1. The predicted octanol–water partition coefficient (Wildman–Crippen LogP) is 3.22. The van der Waals surface area contributed by atoms with Gasteiger partial charge in [-0.25, -0.2) is 4.39 Å². The molecule has 0 aliphatic heterocycles. The number of tetrazole rings is 1. The van der Waals surface area contributed by atoms with Gasteiger partial charge in [-0.3, -0.25) is 0 Å². The van der Waals surface area contributed by atoms with Crippen molar-refractivity contribution >= 4 is 15.9 Å². The third kappa shape index (κ3) is 2.05. The van der Waals surface area contributed by atoms with Crippen LogP contribution in [0.2, 0.25) is 0 Å². The molecule has 6 heteroatoms. The normalized spacial score (nSPS) is 16.3. The molecule has 0 amide bonds. The third-order valence-electron chi connectivity index (χ3n) is 3.36. The van der Waals surface area contributed by atoms with Crippen LogP contribution in [0, 0.1) is 5.82 Å². The molecule has 0 bridgehead atoms. The van der Waals surface area contributed by atoms with Crippen molar-refractivity contribution in [1.82, 2.24) is 20.2 Å². The molecule has 1 saturated carbocycles. The molecule has 2 aromatic rings. The van der Waals surface area contributed by atoms with Gasteiger partial charge in [0, 0.05) is 12.0 Å². The molecule has 1 aliphatic carbocycles. The molecule has 0 radical (unpaired) electrons. The fourth-order valence-electron chi connectivity index (χ4n) is 2.43. The monoisotopic (exact) mass is 310 g/mol. The van der Waals surface area contributed by atoms with Crippen LogP contribution in [0.1, 0.15) is 37.4 Å². The van der Waals surface area contributed by atoms with E-state index in [9.17, 15) is 4.39 Å². The summed E-state index contributed by atoms with van der Waals surface area (Å²) >= 11 is 3.14. The lowest BCUT2D eigenvalue weighted by Crippen LogP contribution is -2.07. The molecule has 0 atom stereocenters. The molecule has 1 aliphatic rings. The first-order chi connectivity index (χ1) is 8.75. The minimum atomic E-state index is -0.305. The van der Waals surface area contributed by atoms with E-state index in [-0.39, 0.29) is 5.82 Å². The fraction of sp³-hybridized carbons (Fsp3) is 0.417. The summed E-state index contributed by atoms with van der Waals surface area (Å²) in [6, 6.07) is 4.92. The summed E-state index contributed by atoms with van der Waals surface area (Å²) in [7, 11) is 0. The molecule has 0 saturated heterocycles. The molecule has 1 aromatic heterocycles. The van der Waals surface area contributed by atoms with Crippen molar-refractivity contribution in [2.45, 2.75) is 31.6 Å². The maximum absolute atomic E-state index is 13.6. The van der Waals surface area contributed by atoms with Gasteiger partial charge in [0.05, 0.1) is 10.2 Å². The van der Waals surface area contributed by atoms with Gasteiger partial charge >= 0.3 is 0 Å². The van der Waals surface area contributed by atoms with Crippen LogP contribution in [0.5, 0.6) is 0 Å². The van der Waals surface area contributed by atoms with E-state index < -0.39 is 0 Å². The molecule has 0 unspecified atom stereocenters. The van der Waals surface area contributed by atoms with E-state index >= 15 is 0 Å². The highest BCUT2D eigenvalue weighted by Gasteiger charge is 2.23. The second kappa shape index (κ2) is 4.76. The second-order valence-corrected chi connectivity index (χ2v) is 5.38. The minimum Gasteiger partial charge on any atom is -0.206 e. The Kier molecular flexibility index (Phi) is 3.11. The fourth-order valence-corrected chi connectivity index (χ4v) is 2.68. The molecule has 1 fully saturated rings. The lowest BCUT2D eigenvalue weighted by molar-refractivity contribution is 0.610. The summed E-state index contributed by atoms with van der Waals surface area (Å²) in [5.41, 5.74) is 0.669. The molecule has 4 nitrogen and oxygen atoms in total. The molecular formula is C12H12BrFN4. The SMILES string of the molecule is Fc1cc(-n2nnnc2C2CCCC2)ccc1Br. The highest BCUT2D eigenvalue weighted by molar-refractivity contribution is 9.10. The van der Waals surface area contributed by atoms with E-state index in [1.165, 1.54) is 18.9 Å². The molecular weight excluding hydrogens is 299 g/mol. The first-order valence-corrected chi connectivity index (χ1v) is 6.78. The number of aromatic nitrogens is 4. The maximum Gasteiger partial charge on any atom is 0.159 e. The van der Waals surface area contributed by atoms with Gasteiger partial charge < -0.3 is 0 Å². The van der Waals surface area contributed by atoms with Crippen LogP contribution in [0.25, 0.3) is 5.69 Å². The Morgan fingerprint density at radius 1 is 1.28 bits per heavy atom. The quantitative estimate of drug-likeness (QED) is 0.855. The Morgan fingerprint density at radius 2 is 2.06 bits per heavy atom. The van der Waals surface area contributed by atoms with Crippen molar-refractivity contribution in [2.75, 3.05) is 0 Å². The Hall–Kier alpha value is -1.30. The zero-order valence-corrected chi connectivity index (χ0v) is 11.3. The smallest absolute Gasteiger partial charge is 0.159 e. The van der Waals surface area contributed by atoms with E-state index in [0.29, 0.717) is 16.1 Å². The van der Waals surface area contributed by atoms with Gasteiger partial charge in [0.2, 0.25) is 0 Å². The molecule has 3 rings (SSSR count). The summed E-state index contributed by atoms with van der Waals surface area (Å²) < 4.78 is 15.6. The minimum absolute atomic E-state index is 0.305. The van der Waals surface area contributed by atoms with Gasteiger partial charge in [-0.05, 0) is 51.3 Å². The van der Waals surface area contributed by atoms with E-state index in [2.05, 4.69) is 31.5 Å². The van der Waals surface area contributed by atoms with Crippen LogP contribution in [0.15, 0.2) is 22.7 Å². The van der Waals surface area contributed by atoms with Gasteiger partial charge in [0.15, 0.2) is 5.82 Å². The molecule has 18 heavy (non-hydrogen) atoms.